The van der Waals surface area contributed by atoms with Crippen molar-refractivity contribution < 1.29 is 28.7 Å². The maximum absolute atomic E-state index is 12.9. The third-order valence-corrected chi connectivity index (χ3v) is 7.18. The Labute approximate surface area is 184 Å². The van der Waals surface area contributed by atoms with Crippen molar-refractivity contribution in [3.63, 3.8) is 0 Å². The van der Waals surface area contributed by atoms with Gasteiger partial charge in [-0.2, -0.15) is 11.8 Å². The van der Waals surface area contributed by atoms with E-state index in [1.807, 2.05) is 0 Å². The highest BCUT2D eigenvalue weighted by molar-refractivity contribution is 8.00. The molecule has 0 aromatic carbocycles. The molecule has 10 nitrogen and oxygen atoms in total. The number of oxime groups is 1. The molecular formula is C19H18N4O6S2. The lowest BCUT2D eigenvalue weighted by Gasteiger charge is -2.46. The number of hydrogen-bond donors (Lipinski definition) is 3. The van der Waals surface area contributed by atoms with Crippen LogP contribution in [0.2, 0.25) is 0 Å². The van der Waals surface area contributed by atoms with Gasteiger partial charge in [-0.1, -0.05) is 5.16 Å². The Balaban J connectivity index is 1.53. The molecule has 1 amide bonds. The summed E-state index contributed by atoms with van der Waals surface area (Å²) in [5.74, 6) is -1.86. The van der Waals surface area contributed by atoms with Crippen LogP contribution < -0.4 is 11.1 Å². The van der Waals surface area contributed by atoms with Crippen molar-refractivity contribution in [1.29, 1.82) is 0 Å². The van der Waals surface area contributed by atoms with Gasteiger partial charge in [0.1, 0.15) is 24.6 Å². The third kappa shape index (κ3) is 3.95. The zero-order valence-electron chi connectivity index (χ0n) is 16.2. The van der Waals surface area contributed by atoms with Crippen molar-refractivity contribution in [2.24, 2.45) is 11.1 Å². The van der Waals surface area contributed by atoms with Crippen LogP contribution in [-0.4, -0.2) is 57.6 Å². The average molecular weight is 463 g/mol. The average Bonchev–Trinajstić information content (AvgIpc) is 3.41. The molecule has 0 bridgehead atoms. The van der Waals surface area contributed by atoms with Crippen LogP contribution in [0.1, 0.15) is 11.5 Å². The third-order valence-electron chi connectivity index (χ3n) is 5.06. The van der Waals surface area contributed by atoms with Crippen LogP contribution in [0.25, 0.3) is 0 Å². The number of carbonyl (C=O) groups excluding carboxylic acids is 2. The Hall–Kier alpha value is -3.12. The van der Waals surface area contributed by atoms with Crippen molar-refractivity contribution in [3.05, 3.63) is 46.4 Å². The number of nitrogens with zero attached hydrogens (tertiary/aromatic N) is 2. The number of carboxylic acid groups (broad SMARTS) is 1. The van der Waals surface area contributed by atoms with Gasteiger partial charge in [0.15, 0.2) is 16.6 Å². The van der Waals surface area contributed by atoms with Crippen LogP contribution in [0.4, 0.5) is 5.13 Å². The molecule has 162 valence electrons. The summed E-state index contributed by atoms with van der Waals surface area (Å²) in [6.07, 6.45) is 1.84. The monoisotopic (exact) mass is 462 g/mol. The second kappa shape index (κ2) is 8.55. The predicted octanol–water partition coefficient (Wildman–Crippen LogP) is 1.09. The maximum Gasteiger partial charge on any atom is 0.332 e. The van der Waals surface area contributed by atoms with Crippen LogP contribution >= 0.6 is 23.1 Å². The second-order valence-electron chi connectivity index (χ2n) is 6.88. The summed E-state index contributed by atoms with van der Waals surface area (Å²) in [5, 5.41) is 17.5. The Kier molecular flexibility index (Phi) is 5.83. The van der Waals surface area contributed by atoms with Gasteiger partial charge in [0.25, 0.3) is 5.91 Å². The van der Waals surface area contributed by atoms with Crippen LogP contribution in [0.5, 0.6) is 0 Å². The summed E-state index contributed by atoms with van der Waals surface area (Å²) in [6.45, 7) is 0. The van der Waals surface area contributed by atoms with E-state index in [0.29, 0.717) is 23.5 Å². The molecule has 1 aliphatic heterocycles. The van der Waals surface area contributed by atoms with E-state index in [1.54, 1.807) is 17.5 Å². The first kappa shape index (κ1) is 21.1. The molecule has 12 heteroatoms. The van der Waals surface area contributed by atoms with Gasteiger partial charge in [0.2, 0.25) is 0 Å². The fourth-order valence-electron chi connectivity index (χ4n) is 3.69. The van der Waals surface area contributed by atoms with Crippen molar-refractivity contribution in [2.75, 3.05) is 18.6 Å². The molecule has 0 saturated heterocycles. The summed E-state index contributed by atoms with van der Waals surface area (Å²) in [4.78, 5) is 46.3. The highest BCUT2D eigenvalue weighted by Crippen LogP contribution is 2.46. The first-order chi connectivity index (χ1) is 14.9. The first-order valence-electron chi connectivity index (χ1n) is 9.17. The van der Waals surface area contributed by atoms with E-state index >= 15 is 0 Å². The van der Waals surface area contributed by atoms with E-state index in [9.17, 15) is 19.5 Å². The zero-order valence-corrected chi connectivity index (χ0v) is 17.9. The van der Waals surface area contributed by atoms with Gasteiger partial charge in [-0.05, 0) is 17.7 Å². The van der Waals surface area contributed by atoms with Crippen molar-refractivity contribution in [1.82, 2.24) is 10.3 Å². The summed E-state index contributed by atoms with van der Waals surface area (Å²) in [6, 6.07) is 2.65. The normalized spacial score (nSPS) is 23.2. The number of fused-ring (bicyclic) bond motifs is 1. The number of hydrogen-bond acceptors (Lipinski definition) is 10. The summed E-state index contributed by atoms with van der Waals surface area (Å²) >= 11 is 2.58. The lowest BCUT2D eigenvalue weighted by molar-refractivity contribution is -0.139. The number of furan rings is 1. The second-order valence-corrected chi connectivity index (χ2v) is 8.93. The molecule has 1 fully saturated rings. The minimum absolute atomic E-state index is 0.0914. The number of nitrogens with one attached hydrogen (secondary N) is 1. The van der Waals surface area contributed by atoms with Gasteiger partial charge in [-0.3, -0.25) is 9.59 Å². The fourth-order valence-corrected chi connectivity index (χ4v) is 5.75. The van der Waals surface area contributed by atoms with E-state index in [-0.39, 0.29) is 33.1 Å². The Morgan fingerprint density at radius 3 is 2.90 bits per heavy atom. The minimum Gasteiger partial charge on any atom is -0.478 e. The molecule has 4 N–H and O–H groups in total. The van der Waals surface area contributed by atoms with Crippen LogP contribution in [0.15, 0.2) is 44.5 Å². The molecule has 31 heavy (non-hydrogen) atoms. The highest BCUT2D eigenvalue weighted by atomic mass is 32.2. The van der Waals surface area contributed by atoms with E-state index < -0.39 is 23.8 Å². The summed E-state index contributed by atoms with van der Waals surface area (Å²) in [5.41, 5.74) is 6.48. The van der Waals surface area contributed by atoms with E-state index in [4.69, 9.17) is 15.0 Å². The smallest absolute Gasteiger partial charge is 0.332 e. The number of carboxylic acids is 1. The molecule has 1 aliphatic carbocycles. The number of carbonyl (C=O) groups is 3. The summed E-state index contributed by atoms with van der Waals surface area (Å²) in [7, 11) is 1.29. The van der Waals surface area contributed by atoms with Gasteiger partial charge in [0.05, 0.1) is 12.2 Å². The zero-order chi connectivity index (χ0) is 22.1. The van der Waals surface area contributed by atoms with Gasteiger partial charge in [-0.25, -0.2) is 9.78 Å². The van der Waals surface area contributed by atoms with Gasteiger partial charge in [-0.15, -0.1) is 11.3 Å². The Morgan fingerprint density at radius 1 is 1.48 bits per heavy atom. The number of aromatic nitrogens is 1. The molecule has 1 unspecified atom stereocenters. The number of thiazole rings is 1. The van der Waals surface area contributed by atoms with Crippen molar-refractivity contribution >= 4 is 51.6 Å². The summed E-state index contributed by atoms with van der Waals surface area (Å²) < 4.78 is 5.32. The lowest BCUT2D eigenvalue weighted by Crippen LogP contribution is -2.66. The molecule has 0 spiro atoms. The lowest BCUT2D eigenvalue weighted by atomic mass is 9.71. The Morgan fingerprint density at radius 2 is 2.29 bits per heavy atom. The van der Waals surface area contributed by atoms with Crippen molar-refractivity contribution in [2.45, 2.75) is 17.7 Å². The molecule has 2 aromatic rings. The maximum atomic E-state index is 12.9. The number of aliphatic carboxylic acids is 1. The van der Waals surface area contributed by atoms with Crippen LogP contribution in [0, 0.1) is 5.92 Å². The number of nitrogens with two attached hydrogens (primary N) is 1. The van der Waals surface area contributed by atoms with E-state index in [0.717, 1.165) is 11.3 Å². The molecule has 0 radical (unpaired) electrons. The SMILES string of the molecule is CO/N=C(/C(=O)N[C@@H]1C(=O)C2C(C(=O)O)=C(Cc3ccco3)CS[C@@H]21)c1csc(N)n1. The number of thioether (sulfide) groups is 1. The minimum atomic E-state index is -1.13. The molecule has 2 aliphatic rings. The van der Waals surface area contributed by atoms with E-state index in [2.05, 4.69) is 15.5 Å². The molecule has 4 rings (SSSR count). The number of rotatable bonds is 7. The predicted molar refractivity (Wildman–Crippen MR) is 114 cm³/mol. The first-order valence-corrected chi connectivity index (χ1v) is 11.1. The van der Waals surface area contributed by atoms with Crippen LogP contribution in [-0.2, 0) is 25.6 Å². The number of Topliss-reactive ketones (excluding diaryl/α,β-unsaturated/α-hetero) is 1. The Bertz CT molecular complexity index is 1090. The molecule has 3 heterocycles. The molecule has 3 atom stereocenters. The van der Waals surface area contributed by atoms with E-state index in [1.165, 1.54) is 25.1 Å². The number of anilines is 1. The number of nitrogen functional groups attached to an aromatic ring is 1. The van der Waals surface area contributed by atoms with Gasteiger partial charge in [0, 0.05) is 28.4 Å². The number of amides is 1. The van der Waals surface area contributed by atoms with Gasteiger partial charge < -0.3 is 25.4 Å². The largest absolute Gasteiger partial charge is 0.478 e. The standard InChI is InChI=1S/C19H18N4O6S2/c1-28-23-13(10-7-31-19(20)21-10)17(25)22-14-15(24)12-11(18(26)27)8(6-30-16(12)14)5-9-3-2-4-29-9/h2-4,7,12,14,16H,5-6H2,1H3,(H2,20,21)(H,22,25)(H,26,27)/b23-13+/t12?,14-,16+/m1/s1. The molecular weight excluding hydrogens is 444 g/mol. The number of ketones is 1. The topological polar surface area (TPSA) is 157 Å². The molecule has 2 aromatic heterocycles. The highest BCUT2D eigenvalue weighted by Gasteiger charge is 2.56. The fraction of sp³-hybridized carbons (Fsp3) is 0.316. The molecule has 1 saturated carbocycles. The quantitative estimate of drug-likeness (QED) is 0.405. The van der Waals surface area contributed by atoms with Crippen LogP contribution in [0.3, 0.4) is 0 Å². The van der Waals surface area contributed by atoms with Gasteiger partial charge >= 0.3 is 5.97 Å². The van der Waals surface area contributed by atoms with Crippen molar-refractivity contribution in [3.8, 4) is 0 Å².